The molecule has 1 N–H and O–H groups in total. The van der Waals surface area contributed by atoms with Crippen molar-refractivity contribution in [1.82, 2.24) is 15.1 Å². The molecular weight excluding hydrogens is 347 g/mol. The lowest BCUT2D eigenvalue weighted by Crippen LogP contribution is -2.31. The highest BCUT2D eigenvalue weighted by Crippen LogP contribution is 2.27. The summed E-state index contributed by atoms with van der Waals surface area (Å²) >= 11 is 0. The first-order valence-corrected chi connectivity index (χ1v) is 7.91. The number of halogens is 3. The Labute approximate surface area is 147 Å². The van der Waals surface area contributed by atoms with Crippen LogP contribution in [0.15, 0.2) is 54.7 Å². The van der Waals surface area contributed by atoms with E-state index >= 15 is 0 Å². The van der Waals surface area contributed by atoms with Crippen molar-refractivity contribution in [2.45, 2.75) is 12.7 Å². The van der Waals surface area contributed by atoms with Gasteiger partial charge in [0, 0.05) is 12.7 Å². The fourth-order valence-electron chi connectivity index (χ4n) is 2.40. The number of alkyl halides is 3. The lowest BCUT2D eigenvalue weighted by molar-refractivity contribution is -0.141. The number of amides is 1. The normalized spacial score (nSPS) is 11.5. The molecule has 0 aliphatic rings. The number of carbonyl (C=O) groups excluding carboxylic acids is 1. The minimum atomic E-state index is -4.47. The number of nitrogens with one attached hydrogen (secondary N) is 1. The van der Waals surface area contributed by atoms with Crippen LogP contribution in [0.3, 0.4) is 0 Å². The Hall–Kier alpha value is -3.03. The van der Waals surface area contributed by atoms with Crippen LogP contribution in [0.4, 0.5) is 13.2 Å². The molecule has 0 spiro atoms. The Balaban J connectivity index is 1.44. The molecular formula is C18H16F3N3O2. The van der Waals surface area contributed by atoms with Crippen LogP contribution in [0.25, 0.3) is 10.8 Å². The highest BCUT2D eigenvalue weighted by molar-refractivity contribution is 5.84. The fourth-order valence-corrected chi connectivity index (χ4v) is 2.40. The van der Waals surface area contributed by atoms with Gasteiger partial charge in [0.1, 0.15) is 5.75 Å². The average molecular weight is 363 g/mol. The molecule has 1 amide bonds. The molecule has 8 heteroatoms. The van der Waals surface area contributed by atoms with Gasteiger partial charge in [0.2, 0.25) is 0 Å². The van der Waals surface area contributed by atoms with Crippen LogP contribution in [0.1, 0.15) is 5.69 Å². The van der Waals surface area contributed by atoms with E-state index in [4.69, 9.17) is 4.74 Å². The van der Waals surface area contributed by atoms with Gasteiger partial charge >= 0.3 is 6.18 Å². The van der Waals surface area contributed by atoms with E-state index in [2.05, 4.69) is 10.4 Å². The molecule has 136 valence electrons. The quantitative estimate of drug-likeness (QED) is 0.731. The summed E-state index contributed by atoms with van der Waals surface area (Å²) in [5.74, 6) is 0.210. The van der Waals surface area contributed by atoms with E-state index in [9.17, 15) is 18.0 Å². The third-order valence-corrected chi connectivity index (χ3v) is 3.69. The zero-order chi connectivity index (χ0) is 18.6. The number of nitrogens with zero attached hydrogens (tertiary/aromatic N) is 2. The van der Waals surface area contributed by atoms with Gasteiger partial charge in [0.05, 0.1) is 6.54 Å². The zero-order valence-corrected chi connectivity index (χ0v) is 13.7. The largest absolute Gasteiger partial charge is 0.484 e. The molecule has 0 saturated carbocycles. The van der Waals surface area contributed by atoms with E-state index in [1.165, 1.54) is 6.20 Å². The summed E-state index contributed by atoms with van der Waals surface area (Å²) in [4.78, 5) is 11.8. The lowest BCUT2D eigenvalue weighted by Gasteiger charge is -2.08. The van der Waals surface area contributed by atoms with E-state index in [0.29, 0.717) is 5.75 Å². The first kappa shape index (κ1) is 17.8. The minimum absolute atomic E-state index is 0.137. The molecule has 0 unspecified atom stereocenters. The molecule has 0 aliphatic carbocycles. The van der Waals surface area contributed by atoms with Crippen LogP contribution in [-0.2, 0) is 17.5 Å². The highest BCUT2D eigenvalue weighted by atomic mass is 19.4. The van der Waals surface area contributed by atoms with E-state index in [1.807, 2.05) is 36.4 Å². The van der Waals surface area contributed by atoms with Crippen LogP contribution in [-0.4, -0.2) is 28.8 Å². The van der Waals surface area contributed by atoms with Gasteiger partial charge < -0.3 is 10.1 Å². The van der Waals surface area contributed by atoms with Crippen molar-refractivity contribution in [3.63, 3.8) is 0 Å². The SMILES string of the molecule is O=C(COc1ccc2ccccc2c1)NCCn1ccc(C(F)(F)F)n1. The van der Waals surface area contributed by atoms with Crippen molar-refractivity contribution in [3.8, 4) is 5.75 Å². The highest BCUT2D eigenvalue weighted by Gasteiger charge is 2.33. The number of fused-ring (bicyclic) bond motifs is 1. The van der Waals surface area contributed by atoms with Crippen molar-refractivity contribution >= 4 is 16.7 Å². The van der Waals surface area contributed by atoms with Crippen molar-refractivity contribution in [2.75, 3.05) is 13.2 Å². The average Bonchev–Trinajstić information content (AvgIpc) is 3.09. The number of hydrogen-bond acceptors (Lipinski definition) is 3. The minimum Gasteiger partial charge on any atom is -0.484 e. The molecule has 0 fully saturated rings. The molecule has 5 nitrogen and oxygen atoms in total. The number of benzene rings is 2. The van der Waals surface area contributed by atoms with Crippen LogP contribution in [0.2, 0.25) is 0 Å². The van der Waals surface area contributed by atoms with Crippen molar-refractivity contribution in [3.05, 3.63) is 60.4 Å². The smallest absolute Gasteiger partial charge is 0.435 e. The molecule has 0 bridgehead atoms. The Kier molecular flexibility index (Phi) is 5.11. The van der Waals surface area contributed by atoms with Gasteiger partial charge in [-0.2, -0.15) is 18.3 Å². The predicted octanol–water partition coefficient (Wildman–Crippen LogP) is 3.25. The second-order valence-electron chi connectivity index (χ2n) is 5.61. The molecule has 1 heterocycles. The Morgan fingerprint density at radius 3 is 2.62 bits per heavy atom. The Morgan fingerprint density at radius 2 is 1.88 bits per heavy atom. The number of aromatic nitrogens is 2. The van der Waals surface area contributed by atoms with Gasteiger partial charge in [-0.25, -0.2) is 0 Å². The first-order valence-electron chi connectivity index (χ1n) is 7.91. The van der Waals surface area contributed by atoms with E-state index < -0.39 is 11.9 Å². The van der Waals surface area contributed by atoms with Crippen molar-refractivity contribution in [2.24, 2.45) is 0 Å². The second-order valence-corrected chi connectivity index (χ2v) is 5.61. The summed E-state index contributed by atoms with van der Waals surface area (Å²) in [7, 11) is 0. The summed E-state index contributed by atoms with van der Waals surface area (Å²) < 4.78 is 43.9. The van der Waals surface area contributed by atoms with Gasteiger partial charge in [-0.05, 0) is 29.0 Å². The van der Waals surface area contributed by atoms with Crippen LogP contribution >= 0.6 is 0 Å². The van der Waals surface area contributed by atoms with Gasteiger partial charge in [-0.3, -0.25) is 9.48 Å². The monoisotopic (exact) mass is 363 g/mol. The fraction of sp³-hybridized carbons (Fsp3) is 0.222. The standard InChI is InChI=1S/C18H16F3N3O2/c19-18(20,21)16-7-9-24(23-16)10-8-22-17(25)12-26-15-6-5-13-3-1-2-4-14(13)11-15/h1-7,9,11H,8,10,12H2,(H,22,25). The molecule has 0 radical (unpaired) electrons. The van der Waals surface area contributed by atoms with Crippen LogP contribution in [0, 0.1) is 0 Å². The van der Waals surface area contributed by atoms with Gasteiger partial charge in [-0.1, -0.05) is 30.3 Å². The zero-order valence-electron chi connectivity index (χ0n) is 13.7. The number of rotatable bonds is 6. The van der Waals surface area contributed by atoms with Crippen LogP contribution < -0.4 is 10.1 Å². The maximum Gasteiger partial charge on any atom is 0.435 e. The first-order chi connectivity index (χ1) is 12.4. The molecule has 3 aromatic rings. The van der Waals surface area contributed by atoms with Crippen molar-refractivity contribution in [1.29, 1.82) is 0 Å². The maximum absolute atomic E-state index is 12.4. The molecule has 26 heavy (non-hydrogen) atoms. The summed E-state index contributed by atoms with van der Waals surface area (Å²) in [6.07, 6.45) is -3.25. The molecule has 3 rings (SSSR count). The van der Waals surface area contributed by atoms with Gasteiger partial charge in [-0.15, -0.1) is 0 Å². The number of carbonyl (C=O) groups is 1. The Morgan fingerprint density at radius 1 is 1.12 bits per heavy atom. The summed E-state index contributed by atoms with van der Waals surface area (Å²) in [6.45, 7) is 0.113. The maximum atomic E-state index is 12.4. The molecule has 2 aromatic carbocycles. The van der Waals surface area contributed by atoms with Crippen LogP contribution in [0.5, 0.6) is 5.75 Å². The lowest BCUT2D eigenvalue weighted by atomic mass is 10.1. The topological polar surface area (TPSA) is 56.1 Å². The third-order valence-electron chi connectivity index (χ3n) is 3.69. The summed E-state index contributed by atoms with van der Waals surface area (Å²) in [5.41, 5.74) is -0.955. The number of ether oxygens (including phenoxy) is 1. The van der Waals surface area contributed by atoms with E-state index in [1.54, 1.807) is 6.07 Å². The summed E-state index contributed by atoms with van der Waals surface area (Å²) in [5, 5.41) is 8.07. The molecule has 0 saturated heterocycles. The van der Waals surface area contributed by atoms with E-state index in [0.717, 1.165) is 21.5 Å². The summed E-state index contributed by atoms with van der Waals surface area (Å²) in [6, 6.07) is 14.2. The molecule has 0 aliphatic heterocycles. The van der Waals surface area contributed by atoms with Gasteiger partial charge in [0.15, 0.2) is 12.3 Å². The molecule has 1 aromatic heterocycles. The number of hydrogen-bond donors (Lipinski definition) is 1. The molecule has 0 atom stereocenters. The third kappa shape index (κ3) is 4.53. The Bertz CT molecular complexity index is 906. The van der Waals surface area contributed by atoms with Crippen molar-refractivity contribution < 1.29 is 22.7 Å². The predicted molar refractivity (Wildman–Crippen MR) is 89.7 cm³/mol. The second kappa shape index (κ2) is 7.47. The van der Waals surface area contributed by atoms with Gasteiger partial charge in [0.25, 0.3) is 5.91 Å². The van der Waals surface area contributed by atoms with E-state index in [-0.39, 0.29) is 25.6 Å².